The summed E-state index contributed by atoms with van der Waals surface area (Å²) in [5.41, 5.74) is 8.58. The minimum atomic E-state index is -0.318. The average molecular weight is 338 g/mol. The van der Waals surface area contributed by atoms with Crippen LogP contribution in [0.15, 0.2) is 42.9 Å². The second-order valence-corrected chi connectivity index (χ2v) is 5.80. The zero-order valence-corrected chi connectivity index (χ0v) is 13.7. The minimum Gasteiger partial charge on any atom is -0.394 e. The smallest absolute Gasteiger partial charge is 0.135 e. The lowest BCUT2D eigenvalue weighted by molar-refractivity contribution is 0.0350. The molecule has 0 aliphatic rings. The van der Waals surface area contributed by atoms with E-state index in [1.54, 1.807) is 22.7 Å². The number of benzene rings is 1. The van der Waals surface area contributed by atoms with Crippen LogP contribution in [0.5, 0.6) is 0 Å². The molecule has 0 unspecified atom stereocenters. The molecule has 1 atom stereocenters. The molecular formula is C17H18N6O2. The largest absolute Gasteiger partial charge is 0.394 e. The van der Waals surface area contributed by atoms with Crippen molar-refractivity contribution in [3.05, 3.63) is 42.9 Å². The van der Waals surface area contributed by atoms with E-state index in [2.05, 4.69) is 15.2 Å². The molecule has 4 aromatic rings. The normalized spacial score (nSPS) is 12.9. The zero-order valence-electron chi connectivity index (χ0n) is 13.7. The van der Waals surface area contributed by atoms with E-state index >= 15 is 0 Å². The first-order chi connectivity index (χ1) is 12.2. The highest BCUT2D eigenvalue weighted by Gasteiger charge is 2.14. The molecule has 25 heavy (non-hydrogen) atoms. The van der Waals surface area contributed by atoms with Crippen LogP contribution in [0.1, 0.15) is 0 Å². The van der Waals surface area contributed by atoms with E-state index < -0.39 is 0 Å². The molecule has 1 aromatic carbocycles. The number of nitrogens with zero attached hydrogens (tertiary/aromatic N) is 5. The van der Waals surface area contributed by atoms with Crippen LogP contribution >= 0.6 is 0 Å². The summed E-state index contributed by atoms with van der Waals surface area (Å²) in [5.74, 6) is 0.421. The van der Waals surface area contributed by atoms with Gasteiger partial charge < -0.3 is 15.6 Å². The van der Waals surface area contributed by atoms with Gasteiger partial charge in [-0.05, 0) is 24.3 Å². The fraction of sp³-hybridized carbons (Fsp3) is 0.235. The van der Waals surface area contributed by atoms with Crippen molar-refractivity contribution in [1.29, 1.82) is 0 Å². The SMILES string of the molecule is CO[C@@H](CO)Cn1cc2c(N)nc3cc(-n4cccn4)ccc3c2n1. The molecule has 8 heteroatoms. The van der Waals surface area contributed by atoms with Crippen LogP contribution in [0, 0.1) is 0 Å². The Morgan fingerprint density at radius 1 is 1.32 bits per heavy atom. The number of methoxy groups -OCH3 is 1. The number of aromatic nitrogens is 5. The molecule has 0 bridgehead atoms. The number of fused-ring (bicyclic) bond motifs is 3. The first kappa shape index (κ1) is 15.6. The maximum Gasteiger partial charge on any atom is 0.135 e. The Labute approximate surface area is 143 Å². The second-order valence-electron chi connectivity index (χ2n) is 5.80. The summed E-state index contributed by atoms with van der Waals surface area (Å²) in [5, 5.41) is 19.8. The lowest BCUT2D eigenvalue weighted by Gasteiger charge is -2.11. The fourth-order valence-corrected chi connectivity index (χ4v) is 2.88. The van der Waals surface area contributed by atoms with Crippen molar-refractivity contribution in [2.45, 2.75) is 12.6 Å². The van der Waals surface area contributed by atoms with E-state index in [-0.39, 0.29) is 12.7 Å². The van der Waals surface area contributed by atoms with Gasteiger partial charge in [0.25, 0.3) is 0 Å². The predicted octanol–water partition coefficient (Wildman–Crippen LogP) is 1.36. The van der Waals surface area contributed by atoms with Crippen LogP contribution in [-0.2, 0) is 11.3 Å². The molecule has 0 saturated carbocycles. The number of anilines is 1. The van der Waals surface area contributed by atoms with Gasteiger partial charge in [0.05, 0.1) is 35.8 Å². The number of aliphatic hydroxyl groups is 1. The third kappa shape index (κ3) is 2.71. The molecule has 0 aliphatic carbocycles. The molecule has 0 fully saturated rings. The number of pyridine rings is 1. The number of rotatable bonds is 5. The summed E-state index contributed by atoms with van der Waals surface area (Å²) < 4.78 is 8.71. The highest BCUT2D eigenvalue weighted by atomic mass is 16.5. The van der Waals surface area contributed by atoms with Gasteiger partial charge in [-0.1, -0.05) is 0 Å². The van der Waals surface area contributed by atoms with Crippen molar-refractivity contribution in [2.75, 3.05) is 19.5 Å². The topological polar surface area (TPSA) is 104 Å². The van der Waals surface area contributed by atoms with Crippen molar-refractivity contribution in [3.63, 3.8) is 0 Å². The Bertz CT molecular complexity index is 1020. The quantitative estimate of drug-likeness (QED) is 0.569. The Kier molecular flexibility index (Phi) is 3.83. The van der Waals surface area contributed by atoms with E-state index in [0.717, 1.165) is 27.5 Å². The summed E-state index contributed by atoms with van der Waals surface area (Å²) in [6, 6.07) is 7.74. The summed E-state index contributed by atoms with van der Waals surface area (Å²) in [7, 11) is 1.56. The van der Waals surface area contributed by atoms with Gasteiger partial charge in [-0.2, -0.15) is 10.2 Å². The van der Waals surface area contributed by atoms with Gasteiger partial charge in [0.1, 0.15) is 11.3 Å². The lowest BCUT2D eigenvalue weighted by atomic mass is 10.1. The van der Waals surface area contributed by atoms with Gasteiger partial charge in [-0.3, -0.25) is 4.68 Å². The molecule has 4 rings (SSSR count). The highest BCUT2D eigenvalue weighted by Crippen LogP contribution is 2.28. The van der Waals surface area contributed by atoms with Crippen molar-refractivity contribution in [2.24, 2.45) is 0 Å². The average Bonchev–Trinajstić information content (AvgIpc) is 3.29. The number of ether oxygens (including phenoxy) is 1. The standard InChI is InChI=1S/C17H18N6O2/c1-25-12(10-24)8-22-9-14-16(21-22)13-4-3-11(23-6-2-5-19-23)7-15(13)20-17(14)18/h2-7,9,12,24H,8,10H2,1H3,(H2,18,20)/t12-/m1/s1. The van der Waals surface area contributed by atoms with E-state index in [1.807, 2.05) is 36.7 Å². The van der Waals surface area contributed by atoms with Crippen molar-refractivity contribution < 1.29 is 9.84 Å². The van der Waals surface area contributed by atoms with Crippen LogP contribution in [0.3, 0.4) is 0 Å². The minimum absolute atomic E-state index is 0.0750. The molecule has 0 amide bonds. The lowest BCUT2D eigenvalue weighted by Crippen LogP contribution is -2.22. The number of hydrogen-bond acceptors (Lipinski definition) is 6. The van der Waals surface area contributed by atoms with Gasteiger partial charge in [0, 0.05) is 31.1 Å². The summed E-state index contributed by atoms with van der Waals surface area (Å²) in [6.45, 7) is 0.363. The molecule has 128 valence electrons. The molecule has 0 radical (unpaired) electrons. The van der Waals surface area contributed by atoms with Crippen LogP contribution in [0.4, 0.5) is 5.82 Å². The van der Waals surface area contributed by atoms with Crippen molar-refractivity contribution in [3.8, 4) is 5.69 Å². The van der Waals surface area contributed by atoms with Gasteiger partial charge in [0.15, 0.2) is 0 Å². The number of nitrogen functional groups attached to an aromatic ring is 1. The first-order valence-corrected chi connectivity index (χ1v) is 7.89. The fourth-order valence-electron chi connectivity index (χ4n) is 2.88. The Morgan fingerprint density at radius 2 is 2.20 bits per heavy atom. The Morgan fingerprint density at radius 3 is 2.92 bits per heavy atom. The van der Waals surface area contributed by atoms with Crippen molar-refractivity contribution >= 4 is 27.6 Å². The molecule has 0 aliphatic heterocycles. The highest BCUT2D eigenvalue weighted by molar-refractivity contribution is 6.07. The molecule has 8 nitrogen and oxygen atoms in total. The molecule has 3 heterocycles. The molecule has 3 N–H and O–H groups in total. The summed E-state index contributed by atoms with van der Waals surface area (Å²) in [6.07, 6.45) is 5.11. The third-order valence-electron chi connectivity index (χ3n) is 4.21. The van der Waals surface area contributed by atoms with Crippen LogP contribution in [-0.4, -0.2) is 49.5 Å². The molecule has 0 saturated heterocycles. The van der Waals surface area contributed by atoms with E-state index in [9.17, 15) is 5.11 Å². The van der Waals surface area contributed by atoms with Crippen LogP contribution < -0.4 is 5.73 Å². The third-order valence-corrected chi connectivity index (χ3v) is 4.21. The first-order valence-electron chi connectivity index (χ1n) is 7.89. The maximum absolute atomic E-state index is 9.30. The maximum atomic E-state index is 9.30. The zero-order chi connectivity index (χ0) is 17.4. The van der Waals surface area contributed by atoms with Crippen LogP contribution in [0.2, 0.25) is 0 Å². The Hall–Kier alpha value is -2.97. The van der Waals surface area contributed by atoms with Crippen molar-refractivity contribution in [1.82, 2.24) is 24.5 Å². The molecule has 3 aromatic heterocycles. The molecular weight excluding hydrogens is 320 g/mol. The van der Waals surface area contributed by atoms with Gasteiger partial charge >= 0.3 is 0 Å². The van der Waals surface area contributed by atoms with Gasteiger partial charge in [-0.25, -0.2) is 9.67 Å². The van der Waals surface area contributed by atoms with Gasteiger partial charge in [-0.15, -0.1) is 0 Å². The summed E-state index contributed by atoms with van der Waals surface area (Å²) >= 11 is 0. The monoisotopic (exact) mass is 338 g/mol. The summed E-state index contributed by atoms with van der Waals surface area (Å²) in [4.78, 5) is 4.51. The Balaban J connectivity index is 1.84. The second kappa shape index (κ2) is 6.15. The van der Waals surface area contributed by atoms with Crippen LogP contribution in [0.25, 0.3) is 27.5 Å². The van der Waals surface area contributed by atoms with E-state index in [4.69, 9.17) is 10.5 Å². The molecule has 0 spiro atoms. The van der Waals surface area contributed by atoms with E-state index in [1.165, 1.54) is 0 Å². The number of nitrogens with two attached hydrogens (primary N) is 1. The number of aliphatic hydroxyl groups excluding tert-OH is 1. The number of hydrogen-bond donors (Lipinski definition) is 2. The van der Waals surface area contributed by atoms with E-state index in [0.29, 0.717) is 12.4 Å². The van der Waals surface area contributed by atoms with Gasteiger partial charge in [0.2, 0.25) is 0 Å². The predicted molar refractivity (Wildman–Crippen MR) is 94.5 cm³/mol.